The minimum absolute atomic E-state index is 0.167. The van der Waals surface area contributed by atoms with Gasteiger partial charge in [-0.3, -0.25) is 4.79 Å². The number of halogens is 1. The molecule has 3 aromatic carbocycles. The summed E-state index contributed by atoms with van der Waals surface area (Å²) in [4.78, 5) is 23.2. The van der Waals surface area contributed by atoms with Crippen molar-refractivity contribution in [1.29, 1.82) is 0 Å². The summed E-state index contributed by atoms with van der Waals surface area (Å²) in [7, 11) is 0. The molecule has 3 aromatic rings. The van der Waals surface area contributed by atoms with Gasteiger partial charge in [-0.25, -0.2) is 4.79 Å². The highest BCUT2D eigenvalue weighted by atomic mass is 35.5. The molecule has 5 nitrogen and oxygen atoms in total. The molecule has 0 saturated heterocycles. The third-order valence-corrected chi connectivity index (χ3v) is 3.98. The van der Waals surface area contributed by atoms with E-state index in [4.69, 9.17) is 21.4 Å². The number of aromatic carboxylic acids is 1. The number of carboxylic acid groups (broad SMARTS) is 1. The van der Waals surface area contributed by atoms with Crippen LogP contribution in [-0.4, -0.2) is 17.0 Å². The maximum atomic E-state index is 12.2. The molecule has 0 aromatic heterocycles. The fraction of sp³-hybridized carbons (Fsp3) is 0. The van der Waals surface area contributed by atoms with Crippen LogP contribution in [0.15, 0.2) is 78.9 Å². The number of nitrogens with one attached hydrogen (secondary N) is 1. The zero-order valence-electron chi connectivity index (χ0n) is 14.6. The van der Waals surface area contributed by atoms with E-state index in [9.17, 15) is 9.59 Å². The van der Waals surface area contributed by atoms with Gasteiger partial charge in [0.05, 0.1) is 11.3 Å². The van der Waals surface area contributed by atoms with Crippen LogP contribution in [0.3, 0.4) is 0 Å². The highest BCUT2D eigenvalue weighted by Gasteiger charge is 2.08. The van der Waals surface area contributed by atoms with E-state index in [-0.39, 0.29) is 11.5 Å². The maximum Gasteiger partial charge on any atom is 0.335 e. The molecule has 140 valence electrons. The first-order valence-corrected chi connectivity index (χ1v) is 8.74. The molecule has 0 fully saturated rings. The number of rotatable bonds is 6. The van der Waals surface area contributed by atoms with Crippen molar-refractivity contribution >= 4 is 35.2 Å². The second kappa shape index (κ2) is 8.88. The zero-order chi connectivity index (χ0) is 19.9. The number of carboxylic acids is 1. The Balaban J connectivity index is 1.71. The van der Waals surface area contributed by atoms with Crippen LogP contribution in [0, 0.1) is 0 Å². The number of anilines is 1. The molecule has 6 heteroatoms. The lowest BCUT2D eigenvalue weighted by Crippen LogP contribution is -2.08. The number of benzene rings is 3. The Morgan fingerprint density at radius 3 is 2.43 bits per heavy atom. The molecular formula is C22H16ClNO4. The molecule has 0 atom stereocenters. The summed E-state index contributed by atoms with van der Waals surface area (Å²) in [5, 5.41) is 12.3. The SMILES string of the molecule is O=C(/C=C/c1cccc(Cl)c1)Nc1ccccc1Oc1ccc(C(=O)O)cc1. The van der Waals surface area contributed by atoms with Crippen molar-refractivity contribution in [2.75, 3.05) is 5.32 Å². The van der Waals surface area contributed by atoms with Crippen molar-refractivity contribution in [3.63, 3.8) is 0 Å². The van der Waals surface area contributed by atoms with Crippen molar-refractivity contribution in [3.8, 4) is 11.5 Å². The second-order valence-corrected chi connectivity index (χ2v) is 6.24. The topological polar surface area (TPSA) is 75.6 Å². The van der Waals surface area contributed by atoms with Crippen LogP contribution < -0.4 is 10.1 Å². The van der Waals surface area contributed by atoms with Gasteiger partial charge in [-0.05, 0) is 60.2 Å². The summed E-state index contributed by atoms with van der Waals surface area (Å²) in [5.41, 5.74) is 1.47. The fourth-order valence-corrected chi connectivity index (χ4v) is 2.61. The maximum absolute atomic E-state index is 12.2. The number of carbonyl (C=O) groups is 2. The van der Waals surface area contributed by atoms with Crippen LogP contribution in [0.4, 0.5) is 5.69 Å². The standard InChI is InChI=1S/C22H16ClNO4/c23-17-5-3-4-15(14-17)8-13-21(25)24-19-6-1-2-7-20(19)28-18-11-9-16(10-12-18)22(26)27/h1-14H,(H,24,25)(H,26,27)/b13-8+. The molecule has 2 N–H and O–H groups in total. The van der Waals surface area contributed by atoms with Crippen molar-refractivity contribution < 1.29 is 19.4 Å². The second-order valence-electron chi connectivity index (χ2n) is 5.81. The largest absolute Gasteiger partial charge is 0.478 e. The van der Waals surface area contributed by atoms with Crippen LogP contribution in [0.1, 0.15) is 15.9 Å². The van der Waals surface area contributed by atoms with Crippen LogP contribution in [0.5, 0.6) is 11.5 Å². The lowest BCUT2D eigenvalue weighted by Gasteiger charge is -2.11. The Hall–Kier alpha value is -3.57. The average molecular weight is 394 g/mol. The van der Waals surface area contributed by atoms with Gasteiger partial charge >= 0.3 is 5.97 Å². The highest BCUT2D eigenvalue weighted by molar-refractivity contribution is 6.30. The van der Waals surface area contributed by atoms with Crippen molar-refractivity contribution in [2.45, 2.75) is 0 Å². The van der Waals surface area contributed by atoms with Crippen molar-refractivity contribution in [3.05, 3.63) is 95.0 Å². The Labute approximate surface area is 166 Å². The summed E-state index contributed by atoms with van der Waals surface area (Å²) in [5.74, 6) is -0.431. The van der Waals surface area contributed by atoms with Crippen molar-refractivity contribution in [1.82, 2.24) is 0 Å². The molecule has 28 heavy (non-hydrogen) atoms. The molecule has 1 amide bonds. The molecule has 0 aliphatic heterocycles. The normalized spacial score (nSPS) is 10.6. The predicted molar refractivity (Wildman–Crippen MR) is 109 cm³/mol. The Bertz CT molecular complexity index is 1030. The van der Waals surface area contributed by atoms with Crippen LogP contribution in [0.2, 0.25) is 5.02 Å². The molecule has 0 unspecified atom stereocenters. The Morgan fingerprint density at radius 1 is 0.964 bits per heavy atom. The van der Waals surface area contributed by atoms with E-state index < -0.39 is 5.97 Å². The van der Waals surface area contributed by atoms with Crippen LogP contribution >= 0.6 is 11.6 Å². The van der Waals surface area contributed by atoms with Gasteiger partial charge < -0.3 is 15.2 Å². The number of ether oxygens (including phenoxy) is 1. The molecule has 0 radical (unpaired) electrons. The van der Waals surface area contributed by atoms with Crippen molar-refractivity contribution in [2.24, 2.45) is 0 Å². The van der Waals surface area contributed by atoms with Gasteiger partial charge in [-0.1, -0.05) is 35.9 Å². The highest BCUT2D eigenvalue weighted by Crippen LogP contribution is 2.29. The summed E-state index contributed by atoms with van der Waals surface area (Å²) >= 11 is 5.93. The molecule has 0 bridgehead atoms. The van der Waals surface area contributed by atoms with E-state index in [0.29, 0.717) is 22.2 Å². The molecule has 0 spiro atoms. The van der Waals surface area contributed by atoms with E-state index >= 15 is 0 Å². The lowest BCUT2D eigenvalue weighted by atomic mass is 10.2. The van der Waals surface area contributed by atoms with E-state index in [1.165, 1.54) is 18.2 Å². The number of amides is 1. The Kier molecular flexibility index (Phi) is 6.09. The van der Waals surface area contributed by atoms with E-state index in [1.54, 1.807) is 60.7 Å². The molecule has 0 heterocycles. The Morgan fingerprint density at radius 2 is 1.71 bits per heavy atom. The fourth-order valence-electron chi connectivity index (χ4n) is 2.41. The van der Waals surface area contributed by atoms with Crippen LogP contribution in [0.25, 0.3) is 6.08 Å². The van der Waals surface area contributed by atoms with E-state index in [2.05, 4.69) is 5.32 Å². The third-order valence-electron chi connectivity index (χ3n) is 3.75. The molecule has 0 saturated carbocycles. The first-order valence-electron chi connectivity index (χ1n) is 8.36. The van der Waals surface area contributed by atoms with Crippen LogP contribution in [-0.2, 0) is 4.79 Å². The number of hydrogen-bond donors (Lipinski definition) is 2. The quantitative estimate of drug-likeness (QED) is 0.543. The van der Waals surface area contributed by atoms with Gasteiger partial charge in [0, 0.05) is 11.1 Å². The molecule has 3 rings (SSSR count). The zero-order valence-corrected chi connectivity index (χ0v) is 15.4. The smallest absolute Gasteiger partial charge is 0.335 e. The van der Waals surface area contributed by atoms with Gasteiger partial charge in [0.1, 0.15) is 5.75 Å². The monoisotopic (exact) mass is 393 g/mol. The number of para-hydroxylation sites is 2. The minimum Gasteiger partial charge on any atom is -0.478 e. The minimum atomic E-state index is -1.01. The first kappa shape index (κ1) is 19.2. The summed E-state index contributed by atoms with van der Waals surface area (Å²) in [6.45, 7) is 0. The predicted octanol–water partition coefficient (Wildman–Crippen LogP) is 5.48. The van der Waals surface area contributed by atoms with Gasteiger partial charge in [0.25, 0.3) is 0 Å². The number of hydrogen-bond acceptors (Lipinski definition) is 3. The van der Waals surface area contributed by atoms with Gasteiger partial charge in [-0.15, -0.1) is 0 Å². The third kappa shape index (κ3) is 5.22. The van der Waals surface area contributed by atoms with Gasteiger partial charge in [0.15, 0.2) is 5.75 Å². The van der Waals surface area contributed by atoms with E-state index in [0.717, 1.165) is 5.56 Å². The molecule has 0 aliphatic carbocycles. The van der Waals surface area contributed by atoms with Gasteiger partial charge in [-0.2, -0.15) is 0 Å². The van der Waals surface area contributed by atoms with E-state index in [1.807, 2.05) is 6.07 Å². The summed E-state index contributed by atoms with van der Waals surface area (Å²) < 4.78 is 5.77. The average Bonchev–Trinajstić information content (AvgIpc) is 2.68. The lowest BCUT2D eigenvalue weighted by molar-refractivity contribution is -0.111. The van der Waals surface area contributed by atoms with Gasteiger partial charge in [0.2, 0.25) is 5.91 Å². The summed E-state index contributed by atoms with van der Waals surface area (Å²) in [6.07, 6.45) is 3.07. The summed E-state index contributed by atoms with van der Waals surface area (Å²) in [6, 6.07) is 20.1. The first-order chi connectivity index (χ1) is 13.5. The molecule has 0 aliphatic rings. The number of carbonyl (C=O) groups excluding carboxylic acids is 1. The molecular weight excluding hydrogens is 378 g/mol.